The maximum Gasteiger partial charge on any atom is 0.308 e. The first kappa shape index (κ1) is 13.6. The fraction of sp³-hybridized carbons (Fsp3) is 0.467. The Balaban J connectivity index is 1.61. The van der Waals surface area contributed by atoms with Gasteiger partial charge in [-0.1, -0.05) is 28.1 Å². The number of nitrogens with zero attached hydrogens (tertiary/aromatic N) is 1. The maximum atomic E-state index is 12.4. The first-order valence-electron chi connectivity index (χ1n) is 6.83. The Bertz CT molecular complexity index is 543. The Morgan fingerprint density at radius 2 is 1.95 bits per heavy atom. The van der Waals surface area contributed by atoms with Gasteiger partial charge in [0.2, 0.25) is 5.91 Å². The van der Waals surface area contributed by atoms with E-state index in [1.54, 1.807) is 4.90 Å². The van der Waals surface area contributed by atoms with E-state index in [9.17, 15) is 9.59 Å². The van der Waals surface area contributed by atoms with Gasteiger partial charge in [0.1, 0.15) is 0 Å². The number of hydrogen-bond acceptors (Lipinski definition) is 2. The molecule has 3 unspecified atom stereocenters. The summed E-state index contributed by atoms with van der Waals surface area (Å²) in [5.74, 6) is -0.700. The molecule has 1 saturated carbocycles. The van der Waals surface area contributed by atoms with Crippen LogP contribution < -0.4 is 0 Å². The first-order chi connectivity index (χ1) is 9.56. The third-order valence-corrected chi connectivity index (χ3v) is 4.78. The number of likely N-dealkylation sites (tertiary alicyclic amines) is 1. The normalized spacial score (nSPS) is 28.4. The van der Waals surface area contributed by atoms with Crippen molar-refractivity contribution in [3.63, 3.8) is 0 Å². The van der Waals surface area contributed by atoms with Crippen LogP contribution in [0.15, 0.2) is 28.7 Å². The van der Waals surface area contributed by atoms with Crippen LogP contribution in [0.3, 0.4) is 0 Å². The summed E-state index contributed by atoms with van der Waals surface area (Å²) in [5, 5.41) is 8.98. The third-order valence-electron chi connectivity index (χ3n) is 4.25. The molecule has 0 bridgehead atoms. The van der Waals surface area contributed by atoms with Crippen molar-refractivity contribution in [3.8, 4) is 0 Å². The molecule has 1 amide bonds. The van der Waals surface area contributed by atoms with Gasteiger partial charge in [-0.25, -0.2) is 0 Å². The minimum atomic E-state index is -0.791. The van der Waals surface area contributed by atoms with Gasteiger partial charge < -0.3 is 10.0 Å². The number of benzene rings is 1. The molecular formula is C15H16BrNO3. The van der Waals surface area contributed by atoms with Crippen LogP contribution in [0.5, 0.6) is 0 Å². The van der Waals surface area contributed by atoms with Crippen LogP contribution in [0.25, 0.3) is 0 Å². The largest absolute Gasteiger partial charge is 0.481 e. The molecule has 1 aliphatic carbocycles. The van der Waals surface area contributed by atoms with Gasteiger partial charge in [-0.3, -0.25) is 9.59 Å². The number of carboxylic acid groups (broad SMARTS) is 1. The SMILES string of the molecule is O=C(O)C1CCN(C(=O)C2CC2c2ccc(Br)cc2)C1. The zero-order chi connectivity index (χ0) is 14.3. The zero-order valence-electron chi connectivity index (χ0n) is 11.0. The highest BCUT2D eigenvalue weighted by Gasteiger charge is 2.47. The second kappa shape index (κ2) is 5.20. The van der Waals surface area contributed by atoms with Gasteiger partial charge in [0.05, 0.1) is 5.92 Å². The Morgan fingerprint density at radius 1 is 1.25 bits per heavy atom. The Morgan fingerprint density at radius 3 is 2.55 bits per heavy atom. The minimum absolute atomic E-state index is 0.0451. The molecule has 20 heavy (non-hydrogen) atoms. The van der Waals surface area contributed by atoms with E-state index in [0.29, 0.717) is 25.4 Å². The smallest absolute Gasteiger partial charge is 0.308 e. The van der Waals surface area contributed by atoms with Gasteiger partial charge in [-0.05, 0) is 36.5 Å². The van der Waals surface area contributed by atoms with E-state index in [2.05, 4.69) is 15.9 Å². The molecular weight excluding hydrogens is 322 g/mol. The molecule has 1 saturated heterocycles. The molecule has 4 nitrogen and oxygen atoms in total. The highest BCUT2D eigenvalue weighted by atomic mass is 79.9. The van der Waals surface area contributed by atoms with Gasteiger partial charge in [0, 0.05) is 23.5 Å². The summed E-state index contributed by atoms with van der Waals surface area (Å²) >= 11 is 3.40. The molecule has 1 heterocycles. The van der Waals surface area contributed by atoms with Crippen LogP contribution in [0.4, 0.5) is 0 Å². The topological polar surface area (TPSA) is 57.6 Å². The van der Waals surface area contributed by atoms with Crippen molar-refractivity contribution in [2.45, 2.75) is 18.8 Å². The van der Waals surface area contributed by atoms with Crippen molar-refractivity contribution in [2.75, 3.05) is 13.1 Å². The number of carbonyl (C=O) groups excluding carboxylic acids is 1. The predicted octanol–water partition coefficient (Wildman–Crippen LogP) is 2.49. The lowest BCUT2D eigenvalue weighted by Gasteiger charge is -2.15. The summed E-state index contributed by atoms with van der Waals surface area (Å²) in [6.45, 7) is 0.955. The van der Waals surface area contributed by atoms with Crippen LogP contribution >= 0.6 is 15.9 Å². The lowest BCUT2D eigenvalue weighted by atomic mass is 10.1. The molecule has 1 aromatic rings. The third kappa shape index (κ3) is 2.59. The maximum absolute atomic E-state index is 12.4. The van der Waals surface area contributed by atoms with E-state index in [1.165, 1.54) is 5.56 Å². The highest BCUT2D eigenvalue weighted by molar-refractivity contribution is 9.10. The molecule has 3 atom stereocenters. The van der Waals surface area contributed by atoms with E-state index in [0.717, 1.165) is 10.9 Å². The van der Waals surface area contributed by atoms with E-state index in [1.807, 2.05) is 24.3 Å². The molecule has 3 rings (SSSR count). The van der Waals surface area contributed by atoms with Gasteiger partial charge >= 0.3 is 5.97 Å². The molecule has 2 fully saturated rings. The molecule has 1 aromatic carbocycles. The molecule has 5 heteroatoms. The van der Waals surface area contributed by atoms with Crippen molar-refractivity contribution < 1.29 is 14.7 Å². The number of hydrogen-bond donors (Lipinski definition) is 1. The van der Waals surface area contributed by atoms with Crippen LogP contribution in [0.2, 0.25) is 0 Å². The Labute approximate surface area is 125 Å². The second-order valence-electron chi connectivity index (χ2n) is 5.61. The number of rotatable bonds is 3. The molecule has 106 valence electrons. The van der Waals surface area contributed by atoms with E-state index in [-0.39, 0.29) is 17.7 Å². The lowest BCUT2D eigenvalue weighted by Crippen LogP contribution is -2.31. The van der Waals surface area contributed by atoms with Crippen molar-refractivity contribution in [1.82, 2.24) is 4.90 Å². The number of carboxylic acids is 1. The van der Waals surface area contributed by atoms with Crippen LogP contribution in [-0.4, -0.2) is 35.0 Å². The average molecular weight is 338 g/mol. The Hall–Kier alpha value is -1.36. The summed E-state index contributed by atoms with van der Waals surface area (Å²) < 4.78 is 1.04. The lowest BCUT2D eigenvalue weighted by molar-refractivity contribution is -0.141. The predicted molar refractivity (Wildman–Crippen MR) is 77.3 cm³/mol. The summed E-state index contributed by atoms with van der Waals surface area (Å²) in [6.07, 6.45) is 1.46. The summed E-state index contributed by atoms with van der Waals surface area (Å²) in [5.41, 5.74) is 1.19. The number of carbonyl (C=O) groups is 2. The van der Waals surface area contributed by atoms with Gasteiger partial charge in [0.15, 0.2) is 0 Å². The highest BCUT2D eigenvalue weighted by Crippen LogP contribution is 2.49. The zero-order valence-corrected chi connectivity index (χ0v) is 12.5. The average Bonchev–Trinajstić information content (AvgIpc) is 3.06. The van der Waals surface area contributed by atoms with Crippen molar-refractivity contribution in [2.24, 2.45) is 11.8 Å². The Kier molecular flexibility index (Phi) is 3.54. The van der Waals surface area contributed by atoms with Crippen molar-refractivity contribution >= 4 is 27.8 Å². The fourth-order valence-electron chi connectivity index (χ4n) is 2.94. The molecule has 1 N–H and O–H groups in total. The molecule has 1 aliphatic heterocycles. The van der Waals surface area contributed by atoms with Gasteiger partial charge in [0.25, 0.3) is 0 Å². The summed E-state index contributed by atoms with van der Waals surface area (Å²) in [7, 11) is 0. The summed E-state index contributed by atoms with van der Waals surface area (Å²) in [4.78, 5) is 25.0. The number of aliphatic carboxylic acids is 1. The standard InChI is InChI=1S/C15H16BrNO3/c16-11-3-1-9(2-4-11)12-7-13(12)14(18)17-6-5-10(8-17)15(19)20/h1-4,10,12-13H,5-8H2,(H,19,20). The monoisotopic (exact) mass is 337 g/mol. The minimum Gasteiger partial charge on any atom is -0.481 e. The van der Waals surface area contributed by atoms with E-state index < -0.39 is 5.97 Å². The molecule has 2 aliphatic rings. The van der Waals surface area contributed by atoms with Crippen LogP contribution in [0, 0.1) is 11.8 Å². The molecule has 0 spiro atoms. The second-order valence-corrected chi connectivity index (χ2v) is 6.52. The molecule has 0 radical (unpaired) electrons. The molecule has 0 aromatic heterocycles. The van der Waals surface area contributed by atoms with Crippen LogP contribution in [-0.2, 0) is 9.59 Å². The summed E-state index contributed by atoms with van der Waals surface area (Å²) in [6, 6.07) is 8.08. The van der Waals surface area contributed by atoms with Crippen molar-refractivity contribution in [3.05, 3.63) is 34.3 Å². The van der Waals surface area contributed by atoms with Crippen molar-refractivity contribution in [1.29, 1.82) is 0 Å². The number of halogens is 1. The number of amides is 1. The van der Waals surface area contributed by atoms with Gasteiger partial charge in [-0.15, -0.1) is 0 Å². The first-order valence-corrected chi connectivity index (χ1v) is 7.62. The van der Waals surface area contributed by atoms with E-state index >= 15 is 0 Å². The van der Waals surface area contributed by atoms with Gasteiger partial charge in [-0.2, -0.15) is 0 Å². The fourth-order valence-corrected chi connectivity index (χ4v) is 3.21. The quantitative estimate of drug-likeness (QED) is 0.921. The van der Waals surface area contributed by atoms with Crippen LogP contribution in [0.1, 0.15) is 24.3 Å². The van der Waals surface area contributed by atoms with E-state index in [4.69, 9.17) is 5.11 Å².